The molecular formula is C15H19BrClFN2O. The Bertz CT molecular complexity index is 521. The number of hydrogen-bond acceptors (Lipinski definition) is 2. The zero-order valence-corrected chi connectivity index (χ0v) is 14.2. The number of nitrogens with one attached hydrogen (secondary N) is 1. The van der Waals surface area contributed by atoms with Crippen molar-refractivity contribution in [2.24, 2.45) is 17.1 Å². The average Bonchev–Trinajstić information content (AvgIpc) is 2.43. The van der Waals surface area contributed by atoms with E-state index in [2.05, 4.69) is 28.2 Å². The van der Waals surface area contributed by atoms with E-state index in [0.717, 1.165) is 25.7 Å². The molecule has 1 aromatic rings. The molecule has 0 heterocycles. The average molecular weight is 378 g/mol. The van der Waals surface area contributed by atoms with Gasteiger partial charge in [-0.05, 0) is 59.7 Å². The Labute approximate surface area is 137 Å². The second kappa shape index (κ2) is 6.63. The molecule has 1 saturated carbocycles. The van der Waals surface area contributed by atoms with Gasteiger partial charge in [-0.3, -0.25) is 4.79 Å². The van der Waals surface area contributed by atoms with Crippen molar-refractivity contribution in [3.63, 3.8) is 0 Å². The van der Waals surface area contributed by atoms with E-state index in [9.17, 15) is 9.18 Å². The first-order valence-electron chi connectivity index (χ1n) is 7.04. The Balaban J connectivity index is 2.21. The van der Waals surface area contributed by atoms with Crippen LogP contribution in [-0.4, -0.2) is 12.5 Å². The molecule has 6 heteroatoms. The lowest BCUT2D eigenvalue weighted by molar-refractivity contribution is -0.127. The molecule has 1 fully saturated rings. The van der Waals surface area contributed by atoms with E-state index in [1.807, 2.05) is 0 Å². The third kappa shape index (κ3) is 3.58. The summed E-state index contributed by atoms with van der Waals surface area (Å²) in [6.07, 6.45) is 3.52. The Morgan fingerprint density at radius 1 is 1.52 bits per heavy atom. The predicted octanol–water partition coefficient (Wildman–Crippen LogP) is 4.34. The minimum Gasteiger partial charge on any atom is -0.329 e. The molecule has 0 bridgehead atoms. The van der Waals surface area contributed by atoms with Gasteiger partial charge in [0.15, 0.2) is 0 Å². The van der Waals surface area contributed by atoms with Gasteiger partial charge < -0.3 is 11.1 Å². The van der Waals surface area contributed by atoms with Gasteiger partial charge in [-0.25, -0.2) is 4.39 Å². The first-order valence-corrected chi connectivity index (χ1v) is 8.21. The molecule has 0 spiro atoms. The van der Waals surface area contributed by atoms with Crippen molar-refractivity contribution < 1.29 is 9.18 Å². The van der Waals surface area contributed by atoms with E-state index in [1.165, 1.54) is 12.1 Å². The van der Waals surface area contributed by atoms with Gasteiger partial charge in [-0.1, -0.05) is 18.5 Å². The van der Waals surface area contributed by atoms with Crippen LogP contribution >= 0.6 is 27.5 Å². The molecule has 0 unspecified atom stereocenters. The smallest absolute Gasteiger partial charge is 0.231 e. The van der Waals surface area contributed by atoms with Gasteiger partial charge in [0.25, 0.3) is 0 Å². The number of nitrogens with two attached hydrogens (primary N) is 1. The Kier molecular flexibility index (Phi) is 5.28. The normalized spacial score (nSPS) is 25.7. The molecule has 1 aromatic carbocycles. The zero-order chi connectivity index (χ0) is 15.6. The van der Waals surface area contributed by atoms with Crippen molar-refractivity contribution >= 4 is 39.1 Å². The summed E-state index contributed by atoms with van der Waals surface area (Å²) in [7, 11) is 0. The van der Waals surface area contributed by atoms with Crippen LogP contribution in [-0.2, 0) is 4.79 Å². The van der Waals surface area contributed by atoms with Crippen molar-refractivity contribution in [2.45, 2.75) is 32.6 Å². The van der Waals surface area contributed by atoms with Gasteiger partial charge >= 0.3 is 0 Å². The molecule has 3 nitrogen and oxygen atoms in total. The lowest BCUT2D eigenvalue weighted by atomic mass is 9.70. The highest BCUT2D eigenvalue weighted by Gasteiger charge is 2.40. The lowest BCUT2D eigenvalue weighted by Crippen LogP contribution is -2.44. The van der Waals surface area contributed by atoms with Gasteiger partial charge in [0, 0.05) is 11.0 Å². The number of benzene rings is 1. The number of halogens is 3. The molecule has 21 heavy (non-hydrogen) atoms. The molecule has 116 valence electrons. The third-order valence-electron chi connectivity index (χ3n) is 4.35. The molecule has 1 amide bonds. The standard InChI is InChI=1S/C15H19BrClFN2O/c1-9-2-4-15(8-19,5-3-9)14(21)20-13-11(16)6-10(18)7-12(13)17/h6-7,9H,2-5,8,19H2,1H3,(H,20,21). The predicted molar refractivity (Wildman–Crippen MR) is 86.9 cm³/mol. The van der Waals surface area contributed by atoms with Crippen LogP contribution in [0.4, 0.5) is 10.1 Å². The first-order chi connectivity index (χ1) is 9.88. The van der Waals surface area contributed by atoms with Crippen LogP contribution in [0.5, 0.6) is 0 Å². The number of carbonyl (C=O) groups excluding carboxylic acids is 1. The number of hydrogen-bond donors (Lipinski definition) is 2. The van der Waals surface area contributed by atoms with Crippen LogP contribution in [0.3, 0.4) is 0 Å². The second-order valence-corrected chi connectivity index (χ2v) is 7.13. The van der Waals surface area contributed by atoms with Crippen molar-refractivity contribution in [1.29, 1.82) is 0 Å². The summed E-state index contributed by atoms with van der Waals surface area (Å²) in [5, 5.41) is 2.99. The largest absolute Gasteiger partial charge is 0.329 e. The molecule has 0 radical (unpaired) electrons. The number of amides is 1. The van der Waals surface area contributed by atoms with Crippen LogP contribution in [0, 0.1) is 17.2 Å². The summed E-state index contributed by atoms with van der Waals surface area (Å²) in [5.41, 5.74) is 5.72. The lowest BCUT2D eigenvalue weighted by Gasteiger charge is -2.37. The molecular weight excluding hydrogens is 359 g/mol. The van der Waals surface area contributed by atoms with Crippen LogP contribution in [0.2, 0.25) is 5.02 Å². The topological polar surface area (TPSA) is 55.1 Å². The fraction of sp³-hybridized carbons (Fsp3) is 0.533. The fourth-order valence-electron chi connectivity index (χ4n) is 2.75. The van der Waals surface area contributed by atoms with Gasteiger partial charge in [0.2, 0.25) is 5.91 Å². The Morgan fingerprint density at radius 3 is 2.67 bits per heavy atom. The van der Waals surface area contributed by atoms with Crippen LogP contribution < -0.4 is 11.1 Å². The molecule has 3 N–H and O–H groups in total. The highest BCUT2D eigenvalue weighted by molar-refractivity contribution is 9.10. The van der Waals surface area contributed by atoms with Gasteiger partial charge in [0.05, 0.1) is 16.1 Å². The van der Waals surface area contributed by atoms with E-state index in [0.29, 0.717) is 22.6 Å². The molecule has 0 atom stereocenters. The van der Waals surface area contributed by atoms with Gasteiger partial charge in [-0.2, -0.15) is 0 Å². The summed E-state index contributed by atoms with van der Waals surface area (Å²) >= 11 is 9.24. The minimum atomic E-state index is -0.552. The second-order valence-electron chi connectivity index (χ2n) is 5.87. The minimum absolute atomic E-state index is 0.133. The molecule has 0 saturated heterocycles. The fourth-order valence-corrected chi connectivity index (χ4v) is 3.65. The highest BCUT2D eigenvalue weighted by atomic mass is 79.9. The van der Waals surface area contributed by atoms with Crippen molar-refractivity contribution in [3.05, 3.63) is 27.4 Å². The quantitative estimate of drug-likeness (QED) is 0.823. The molecule has 0 aromatic heterocycles. The van der Waals surface area contributed by atoms with Gasteiger partial charge in [-0.15, -0.1) is 0 Å². The highest BCUT2D eigenvalue weighted by Crippen LogP contribution is 2.40. The van der Waals surface area contributed by atoms with E-state index in [4.69, 9.17) is 17.3 Å². The summed E-state index contributed by atoms with van der Waals surface area (Å²) in [4.78, 5) is 12.7. The molecule has 1 aliphatic carbocycles. The van der Waals surface area contributed by atoms with E-state index in [1.54, 1.807) is 0 Å². The van der Waals surface area contributed by atoms with E-state index < -0.39 is 11.2 Å². The van der Waals surface area contributed by atoms with Crippen LogP contribution in [0.25, 0.3) is 0 Å². The van der Waals surface area contributed by atoms with Crippen LogP contribution in [0.15, 0.2) is 16.6 Å². The van der Waals surface area contributed by atoms with Crippen molar-refractivity contribution in [3.8, 4) is 0 Å². The maximum atomic E-state index is 13.2. The molecule has 0 aliphatic heterocycles. The van der Waals surface area contributed by atoms with Crippen LogP contribution in [0.1, 0.15) is 32.6 Å². The third-order valence-corrected chi connectivity index (χ3v) is 5.27. The first kappa shape index (κ1) is 16.7. The maximum absolute atomic E-state index is 13.2. The number of carbonyl (C=O) groups is 1. The van der Waals surface area contributed by atoms with E-state index >= 15 is 0 Å². The number of anilines is 1. The van der Waals surface area contributed by atoms with Crippen molar-refractivity contribution in [2.75, 3.05) is 11.9 Å². The van der Waals surface area contributed by atoms with Gasteiger partial charge in [0.1, 0.15) is 5.82 Å². The van der Waals surface area contributed by atoms with Crippen molar-refractivity contribution in [1.82, 2.24) is 0 Å². The molecule has 2 rings (SSSR count). The van der Waals surface area contributed by atoms with E-state index in [-0.39, 0.29) is 10.9 Å². The Hall–Kier alpha value is -0.650. The summed E-state index contributed by atoms with van der Waals surface area (Å²) in [6.45, 7) is 2.49. The SMILES string of the molecule is CC1CCC(CN)(C(=O)Nc2c(Cl)cc(F)cc2Br)CC1. The summed E-state index contributed by atoms with van der Waals surface area (Å²) in [6, 6.07) is 2.46. The monoisotopic (exact) mass is 376 g/mol. The maximum Gasteiger partial charge on any atom is 0.231 e. The summed E-state index contributed by atoms with van der Waals surface area (Å²) < 4.78 is 13.7. The Morgan fingerprint density at radius 2 is 2.14 bits per heavy atom. The molecule has 1 aliphatic rings. The number of rotatable bonds is 3. The summed E-state index contributed by atoms with van der Waals surface area (Å²) in [5.74, 6) is 0.0367. The zero-order valence-electron chi connectivity index (χ0n) is 11.9.